The fourth-order valence-electron chi connectivity index (χ4n) is 3.72. The van der Waals surface area contributed by atoms with Crippen LogP contribution in [0, 0.1) is 5.92 Å². The van der Waals surface area contributed by atoms with Gasteiger partial charge in [0.2, 0.25) is 5.95 Å². The number of ether oxygens (including phenoxy) is 1. The number of anilines is 2. The maximum atomic E-state index is 5.71. The number of rotatable bonds is 9. The van der Waals surface area contributed by atoms with Crippen molar-refractivity contribution in [3.05, 3.63) is 42.1 Å². The predicted molar refractivity (Wildman–Crippen MR) is 115 cm³/mol. The summed E-state index contributed by atoms with van der Waals surface area (Å²) in [5.41, 5.74) is 1.23. The van der Waals surface area contributed by atoms with Crippen LogP contribution >= 0.6 is 0 Å². The van der Waals surface area contributed by atoms with Crippen LogP contribution in [0.2, 0.25) is 0 Å². The summed E-state index contributed by atoms with van der Waals surface area (Å²) in [5, 5.41) is 7.14. The molecule has 0 aliphatic heterocycles. The van der Waals surface area contributed by atoms with Crippen molar-refractivity contribution < 1.29 is 4.74 Å². The van der Waals surface area contributed by atoms with E-state index in [1.54, 1.807) is 0 Å². The van der Waals surface area contributed by atoms with Crippen molar-refractivity contribution in [1.82, 2.24) is 15.3 Å². The molecule has 2 aromatic rings. The molecular weight excluding hydrogens is 350 g/mol. The molecule has 0 spiro atoms. The highest BCUT2D eigenvalue weighted by molar-refractivity contribution is 5.41. The molecule has 3 rings (SSSR count). The Labute approximate surface area is 168 Å². The van der Waals surface area contributed by atoms with E-state index >= 15 is 0 Å². The zero-order chi connectivity index (χ0) is 19.8. The zero-order valence-electron chi connectivity index (χ0n) is 17.3. The molecule has 152 valence electrons. The minimum Gasteiger partial charge on any atom is -0.494 e. The lowest BCUT2D eigenvalue weighted by atomic mass is 9.86. The summed E-state index contributed by atoms with van der Waals surface area (Å²) in [6, 6.07) is 10.7. The van der Waals surface area contributed by atoms with Gasteiger partial charge in [0.1, 0.15) is 11.6 Å². The highest BCUT2D eigenvalue weighted by atomic mass is 16.5. The van der Waals surface area contributed by atoms with Gasteiger partial charge in [-0.1, -0.05) is 18.2 Å². The molecule has 1 aliphatic rings. The van der Waals surface area contributed by atoms with Crippen molar-refractivity contribution in [3.8, 4) is 5.75 Å². The second-order valence-electron chi connectivity index (χ2n) is 7.67. The number of hydrogen-bond donors (Lipinski definition) is 2. The smallest absolute Gasteiger partial charge is 0.224 e. The van der Waals surface area contributed by atoms with Gasteiger partial charge in [0.05, 0.1) is 6.61 Å². The van der Waals surface area contributed by atoms with E-state index in [9.17, 15) is 0 Å². The Balaban J connectivity index is 1.40. The maximum absolute atomic E-state index is 5.71. The summed E-state index contributed by atoms with van der Waals surface area (Å²) < 4.78 is 5.71. The van der Waals surface area contributed by atoms with Crippen LogP contribution in [0.5, 0.6) is 5.75 Å². The molecule has 0 radical (unpaired) electrons. The number of nitrogens with zero attached hydrogens (tertiary/aromatic N) is 3. The predicted octanol–water partition coefficient (Wildman–Crippen LogP) is 3.70. The fraction of sp³-hybridized carbons (Fsp3) is 0.545. The number of aromatic nitrogens is 2. The van der Waals surface area contributed by atoms with Gasteiger partial charge in [0.15, 0.2) is 0 Å². The van der Waals surface area contributed by atoms with Crippen LogP contribution in [-0.2, 0) is 6.54 Å². The minimum absolute atomic E-state index is 0.465. The third-order valence-corrected chi connectivity index (χ3v) is 5.30. The molecular formula is C22H33N5O. The monoisotopic (exact) mass is 383 g/mol. The van der Waals surface area contributed by atoms with Gasteiger partial charge >= 0.3 is 0 Å². The van der Waals surface area contributed by atoms with Crippen LogP contribution in [0.4, 0.5) is 11.8 Å². The van der Waals surface area contributed by atoms with Crippen LogP contribution in [0.1, 0.15) is 38.2 Å². The van der Waals surface area contributed by atoms with Crippen molar-refractivity contribution in [1.29, 1.82) is 0 Å². The Morgan fingerprint density at radius 3 is 2.64 bits per heavy atom. The fourth-order valence-corrected chi connectivity index (χ4v) is 3.72. The van der Waals surface area contributed by atoms with E-state index in [-0.39, 0.29) is 0 Å². The summed E-state index contributed by atoms with van der Waals surface area (Å²) >= 11 is 0. The maximum Gasteiger partial charge on any atom is 0.224 e. The Morgan fingerprint density at radius 1 is 1.11 bits per heavy atom. The first-order chi connectivity index (χ1) is 13.7. The van der Waals surface area contributed by atoms with Gasteiger partial charge in [0, 0.05) is 38.4 Å². The van der Waals surface area contributed by atoms with Gasteiger partial charge < -0.3 is 20.3 Å². The molecule has 0 atom stereocenters. The SMILES string of the molecule is CCOc1ccccc1CNC[C@H]1CC[C@@H](Nc2nccc(N(C)C)n2)CC1. The van der Waals surface area contributed by atoms with Gasteiger partial charge in [-0.05, 0) is 57.2 Å². The summed E-state index contributed by atoms with van der Waals surface area (Å²) in [6.45, 7) is 4.65. The van der Waals surface area contributed by atoms with E-state index in [2.05, 4.69) is 32.7 Å². The summed E-state index contributed by atoms with van der Waals surface area (Å²) in [7, 11) is 3.99. The lowest BCUT2D eigenvalue weighted by molar-refractivity contribution is 0.318. The number of hydrogen-bond acceptors (Lipinski definition) is 6. The van der Waals surface area contributed by atoms with Crippen molar-refractivity contribution >= 4 is 11.8 Å². The molecule has 28 heavy (non-hydrogen) atoms. The van der Waals surface area contributed by atoms with Crippen LogP contribution in [0.3, 0.4) is 0 Å². The number of para-hydroxylation sites is 1. The Kier molecular flexibility index (Phi) is 7.48. The average Bonchev–Trinajstić information content (AvgIpc) is 2.71. The number of nitrogens with one attached hydrogen (secondary N) is 2. The van der Waals surface area contributed by atoms with Crippen molar-refractivity contribution in [3.63, 3.8) is 0 Å². The first kappa shape index (κ1) is 20.4. The first-order valence-electron chi connectivity index (χ1n) is 10.3. The standard InChI is InChI=1S/C22H33N5O/c1-4-28-20-8-6-5-7-18(20)16-23-15-17-9-11-19(12-10-17)25-22-24-14-13-21(26-22)27(2)3/h5-8,13-14,17,19,23H,4,9-12,15-16H2,1-3H3,(H,24,25,26)/t17-,19+. The Bertz CT molecular complexity index is 728. The van der Waals surface area contributed by atoms with E-state index < -0.39 is 0 Å². The lowest BCUT2D eigenvalue weighted by Crippen LogP contribution is -2.31. The van der Waals surface area contributed by atoms with E-state index in [1.165, 1.54) is 18.4 Å². The summed E-state index contributed by atoms with van der Waals surface area (Å²) in [5.74, 6) is 3.39. The van der Waals surface area contributed by atoms with E-state index in [1.807, 2.05) is 50.3 Å². The molecule has 0 saturated heterocycles. The largest absolute Gasteiger partial charge is 0.494 e. The van der Waals surface area contributed by atoms with Crippen LogP contribution in [0.25, 0.3) is 0 Å². The average molecular weight is 384 g/mol. The van der Waals surface area contributed by atoms with Gasteiger partial charge in [0.25, 0.3) is 0 Å². The molecule has 1 fully saturated rings. The van der Waals surface area contributed by atoms with Crippen LogP contribution < -0.4 is 20.3 Å². The van der Waals surface area contributed by atoms with Crippen molar-refractivity contribution in [2.24, 2.45) is 5.92 Å². The molecule has 6 nitrogen and oxygen atoms in total. The molecule has 1 aromatic carbocycles. The topological polar surface area (TPSA) is 62.3 Å². The normalized spacial score (nSPS) is 19.2. The van der Waals surface area contributed by atoms with Crippen molar-refractivity contribution in [2.75, 3.05) is 37.5 Å². The van der Waals surface area contributed by atoms with Crippen molar-refractivity contribution in [2.45, 2.75) is 45.2 Å². The second-order valence-corrected chi connectivity index (χ2v) is 7.67. The van der Waals surface area contributed by atoms with Crippen LogP contribution in [-0.4, -0.2) is 43.3 Å². The Hall–Kier alpha value is -2.34. The first-order valence-corrected chi connectivity index (χ1v) is 10.3. The van der Waals surface area contributed by atoms with E-state index in [0.29, 0.717) is 12.6 Å². The van der Waals surface area contributed by atoms with E-state index in [0.717, 1.165) is 49.4 Å². The molecule has 1 heterocycles. The highest BCUT2D eigenvalue weighted by Crippen LogP contribution is 2.26. The summed E-state index contributed by atoms with van der Waals surface area (Å²) in [6.07, 6.45) is 6.60. The van der Waals surface area contributed by atoms with Gasteiger partial charge in [-0.25, -0.2) is 4.98 Å². The third-order valence-electron chi connectivity index (χ3n) is 5.30. The van der Waals surface area contributed by atoms with E-state index in [4.69, 9.17) is 4.74 Å². The number of benzene rings is 1. The molecule has 0 amide bonds. The quantitative estimate of drug-likeness (QED) is 0.688. The van der Waals surface area contributed by atoms with Crippen LogP contribution in [0.15, 0.2) is 36.5 Å². The van der Waals surface area contributed by atoms with Gasteiger partial charge in [-0.15, -0.1) is 0 Å². The van der Waals surface area contributed by atoms with Gasteiger partial charge in [-0.3, -0.25) is 0 Å². The summed E-state index contributed by atoms with van der Waals surface area (Å²) in [4.78, 5) is 10.9. The highest BCUT2D eigenvalue weighted by Gasteiger charge is 2.21. The molecule has 0 bridgehead atoms. The van der Waals surface area contributed by atoms with Gasteiger partial charge in [-0.2, -0.15) is 4.98 Å². The molecule has 1 aliphatic carbocycles. The molecule has 6 heteroatoms. The molecule has 0 unspecified atom stereocenters. The second kappa shape index (κ2) is 10.3. The Morgan fingerprint density at radius 2 is 1.89 bits per heavy atom. The minimum atomic E-state index is 0.465. The molecule has 1 aromatic heterocycles. The molecule has 2 N–H and O–H groups in total. The third kappa shape index (κ3) is 5.83. The lowest BCUT2D eigenvalue weighted by Gasteiger charge is -2.29. The molecule has 1 saturated carbocycles. The zero-order valence-corrected chi connectivity index (χ0v) is 17.3.